The van der Waals surface area contributed by atoms with E-state index >= 15 is 4.39 Å². The zero-order valence-electron chi connectivity index (χ0n) is 23.5. The molecular weight excluding hydrogens is 559 g/mol. The van der Waals surface area contributed by atoms with Crippen LogP contribution in [0, 0.1) is 17.1 Å². The Labute approximate surface area is 247 Å². The fourth-order valence-corrected chi connectivity index (χ4v) is 5.58. The molecule has 8 nitrogen and oxygen atoms in total. The van der Waals surface area contributed by atoms with Crippen LogP contribution in [0.4, 0.5) is 10.1 Å². The number of hydrogen-bond donors (Lipinski definition) is 0. The molecule has 2 aromatic carbocycles. The number of benzene rings is 2. The van der Waals surface area contributed by atoms with Gasteiger partial charge in [-0.05, 0) is 68.3 Å². The Morgan fingerprint density at radius 2 is 1.90 bits per heavy atom. The zero-order valence-corrected chi connectivity index (χ0v) is 24.3. The van der Waals surface area contributed by atoms with Gasteiger partial charge in [0.1, 0.15) is 6.04 Å². The number of nitrogens with zero attached hydrogens (tertiary/aromatic N) is 4. The van der Waals surface area contributed by atoms with Gasteiger partial charge < -0.3 is 14.0 Å². The molecule has 5 rings (SSSR count). The van der Waals surface area contributed by atoms with Gasteiger partial charge in [0.15, 0.2) is 5.82 Å². The lowest BCUT2D eigenvalue weighted by atomic mass is 10.0. The van der Waals surface area contributed by atoms with E-state index in [4.69, 9.17) is 21.1 Å². The largest absolute Gasteiger partial charge is 0.481 e. The van der Waals surface area contributed by atoms with Crippen LogP contribution >= 0.6 is 11.6 Å². The van der Waals surface area contributed by atoms with E-state index in [1.807, 2.05) is 24.5 Å². The van der Waals surface area contributed by atoms with E-state index in [1.165, 1.54) is 24.1 Å². The summed E-state index contributed by atoms with van der Waals surface area (Å²) in [5.74, 6) is -1.17. The standard InChI is InChI=1S/C32H28ClFN4O4/c1-5-42-27(39)14-20-13-22(31(41-4)36-17-20)26-15-23-30(37(26)18(2)3)29(21-11-9-19(16-35)10-12-21)38(32(23)40)25-8-6-7-24(33)28(25)34/h6-13,15,17-18,29H,5,14H2,1-4H3. The van der Waals surface area contributed by atoms with Crippen LogP contribution in [0.2, 0.25) is 5.02 Å². The van der Waals surface area contributed by atoms with E-state index in [2.05, 4.69) is 11.1 Å². The second-order valence-corrected chi connectivity index (χ2v) is 10.5. The Morgan fingerprint density at radius 1 is 1.17 bits per heavy atom. The van der Waals surface area contributed by atoms with Gasteiger partial charge in [0.05, 0.1) is 65.0 Å². The molecule has 1 atom stereocenters. The number of ether oxygens (including phenoxy) is 2. The van der Waals surface area contributed by atoms with Crippen LogP contribution in [-0.4, -0.2) is 35.1 Å². The van der Waals surface area contributed by atoms with Gasteiger partial charge in [-0.2, -0.15) is 5.26 Å². The van der Waals surface area contributed by atoms with Crippen LogP contribution in [0.5, 0.6) is 5.88 Å². The maximum atomic E-state index is 15.4. The van der Waals surface area contributed by atoms with Crippen molar-refractivity contribution in [1.82, 2.24) is 9.55 Å². The summed E-state index contributed by atoms with van der Waals surface area (Å²) in [6, 6.07) is 16.2. The molecule has 0 bridgehead atoms. The third kappa shape index (κ3) is 4.99. The Balaban J connectivity index is 1.75. The van der Waals surface area contributed by atoms with Crippen molar-refractivity contribution in [2.24, 2.45) is 0 Å². The van der Waals surface area contributed by atoms with Crippen LogP contribution < -0.4 is 9.64 Å². The lowest BCUT2D eigenvalue weighted by molar-refractivity contribution is -0.142. The van der Waals surface area contributed by atoms with Gasteiger partial charge in [-0.15, -0.1) is 0 Å². The average molecular weight is 587 g/mol. The van der Waals surface area contributed by atoms with E-state index in [1.54, 1.807) is 49.5 Å². The summed E-state index contributed by atoms with van der Waals surface area (Å²) in [5.41, 5.74) is 4.09. The second-order valence-electron chi connectivity index (χ2n) is 10.1. The van der Waals surface area contributed by atoms with Gasteiger partial charge in [-0.3, -0.25) is 14.5 Å². The predicted octanol–water partition coefficient (Wildman–Crippen LogP) is 6.66. The molecular formula is C32H28ClFN4O4. The lowest BCUT2D eigenvalue weighted by Crippen LogP contribution is -2.30. The Kier molecular flexibility index (Phi) is 8.01. The first kappa shape index (κ1) is 28.8. The lowest BCUT2D eigenvalue weighted by Gasteiger charge is -2.29. The highest BCUT2D eigenvalue weighted by Gasteiger charge is 2.44. The summed E-state index contributed by atoms with van der Waals surface area (Å²) < 4.78 is 28.1. The molecule has 3 heterocycles. The van der Waals surface area contributed by atoms with Crippen molar-refractivity contribution in [3.63, 3.8) is 0 Å². The fourth-order valence-electron chi connectivity index (χ4n) is 5.41. The minimum atomic E-state index is -0.731. The minimum Gasteiger partial charge on any atom is -0.481 e. The first-order valence-electron chi connectivity index (χ1n) is 13.4. The van der Waals surface area contributed by atoms with E-state index in [9.17, 15) is 14.9 Å². The van der Waals surface area contributed by atoms with Crippen LogP contribution in [0.1, 0.15) is 65.6 Å². The monoisotopic (exact) mass is 586 g/mol. The van der Waals surface area contributed by atoms with E-state index in [0.717, 1.165) is 0 Å². The van der Waals surface area contributed by atoms with Crippen LogP contribution in [0.15, 0.2) is 60.8 Å². The summed E-state index contributed by atoms with van der Waals surface area (Å²) in [6.45, 7) is 5.97. The summed E-state index contributed by atoms with van der Waals surface area (Å²) in [6.07, 6.45) is 1.58. The van der Waals surface area contributed by atoms with E-state index < -0.39 is 17.8 Å². The van der Waals surface area contributed by atoms with E-state index in [0.29, 0.717) is 45.1 Å². The number of fused-ring (bicyclic) bond motifs is 1. The van der Waals surface area contributed by atoms with Crippen LogP contribution in [0.3, 0.4) is 0 Å². The average Bonchev–Trinajstić information content (AvgIpc) is 3.50. The molecule has 42 heavy (non-hydrogen) atoms. The van der Waals surface area contributed by atoms with Gasteiger partial charge in [-0.1, -0.05) is 29.8 Å². The van der Waals surface area contributed by atoms with Crippen molar-refractivity contribution in [2.75, 3.05) is 18.6 Å². The number of carbonyl (C=O) groups is 2. The van der Waals surface area contributed by atoms with Crippen molar-refractivity contribution in [2.45, 2.75) is 39.3 Å². The Morgan fingerprint density at radius 3 is 2.55 bits per heavy atom. The van der Waals surface area contributed by atoms with Gasteiger partial charge in [0, 0.05) is 12.2 Å². The highest BCUT2D eigenvalue weighted by molar-refractivity contribution is 6.31. The van der Waals surface area contributed by atoms with Crippen molar-refractivity contribution >= 4 is 29.2 Å². The third-order valence-electron chi connectivity index (χ3n) is 7.14. The molecule has 214 valence electrons. The summed E-state index contributed by atoms with van der Waals surface area (Å²) in [4.78, 5) is 32.2. The molecule has 1 aliphatic rings. The normalized spacial score (nSPS) is 14.2. The number of rotatable bonds is 8. The number of methoxy groups -OCH3 is 1. The SMILES string of the molecule is CCOC(=O)Cc1cnc(OC)c(-c2cc3c(n2C(C)C)C(c2ccc(C#N)cc2)N(c2cccc(Cl)c2F)C3=O)c1. The molecule has 1 aliphatic heterocycles. The molecule has 0 saturated heterocycles. The van der Waals surface area contributed by atoms with Gasteiger partial charge in [0.25, 0.3) is 5.91 Å². The molecule has 0 fully saturated rings. The van der Waals surface area contributed by atoms with Crippen molar-refractivity contribution in [3.05, 3.63) is 99.6 Å². The van der Waals surface area contributed by atoms with Gasteiger partial charge in [-0.25, -0.2) is 9.37 Å². The number of hydrogen-bond acceptors (Lipinski definition) is 6. The van der Waals surface area contributed by atoms with Crippen LogP contribution in [0.25, 0.3) is 11.3 Å². The van der Waals surface area contributed by atoms with Crippen molar-refractivity contribution in [3.8, 4) is 23.2 Å². The number of carbonyl (C=O) groups excluding carboxylic acids is 2. The number of halogens is 2. The van der Waals surface area contributed by atoms with E-state index in [-0.39, 0.29) is 35.7 Å². The first-order chi connectivity index (χ1) is 20.2. The highest BCUT2D eigenvalue weighted by atomic mass is 35.5. The molecule has 1 unspecified atom stereocenters. The second kappa shape index (κ2) is 11.7. The molecule has 0 radical (unpaired) electrons. The smallest absolute Gasteiger partial charge is 0.310 e. The predicted molar refractivity (Wildman–Crippen MR) is 156 cm³/mol. The Hall–Kier alpha value is -4.68. The first-order valence-corrected chi connectivity index (χ1v) is 13.8. The molecule has 4 aromatic rings. The number of pyridine rings is 1. The molecule has 1 amide bonds. The summed E-state index contributed by atoms with van der Waals surface area (Å²) >= 11 is 6.14. The molecule has 0 N–H and O–H groups in total. The third-order valence-corrected chi connectivity index (χ3v) is 7.43. The molecule has 0 spiro atoms. The maximum Gasteiger partial charge on any atom is 0.310 e. The highest BCUT2D eigenvalue weighted by Crippen LogP contribution is 2.48. The quantitative estimate of drug-likeness (QED) is 0.214. The number of nitriles is 1. The summed E-state index contributed by atoms with van der Waals surface area (Å²) in [7, 11) is 1.50. The van der Waals surface area contributed by atoms with Crippen LogP contribution in [-0.2, 0) is 16.0 Å². The fraction of sp³-hybridized carbons (Fsp3) is 0.250. The number of anilines is 1. The van der Waals surface area contributed by atoms with Crippen molar-refractivity contribution in [1.29, 1.82) is 5.26 Å². The zero-order chi connectivity index (χ0) is 30.1. The Bertz CT molecular complexity index is 1730. The molecule has 0 aliphatic carbocycles. The summed E-state index contributed by atoms with van der Waals surface area (Å²) in [5, 5.41) is 9.26. The topological polar surface area (TPSA) is 97.4 Å². The number of amides is 1. The number of esters is 1. The molecule has 0 saturated carbocycles. The van der Waals surface area contributed by atoms with Gasteiger partial charge >= 0.3 is 5.97 Å². The van der Waals surface area contributed by atoms with Crippen molar-refractivity contribution < 1.29 is 23.5 Å². The molecule has 2 aromatic heterocycles. The molecule has 10 heteroatoms. The minimum absolute atomic E-state index is 0.0224. The van der Waals surface area contributed by atoms with Gasteiger partial charge in [0.2, 0.25) is 5.88 Å². The maximum absolute atomic E-state index is 15.4. The number of aromatic nitrogens is 2.